The van der Waals surface area contributed by atoms with Crippen LogP contribution in [-0.2, 0) is 11.3 Å². The summed E-state index contributed by atoms with van der Waals surface area (Å²) in [6.07, 6.45) is 0. The summed E-state index contributed by atoms with van der Waals surface area (Å²) in [6.45, 7) is 5.58. The number of nitrogens with zero attached hydrogens (tertiary/aromatic N) is 2. The van der Waals surface area contributed by atoms with Gasteiger partial charge in [-0.1, -0.05) is 30.6 Å². The summed E-state index contributed by atoms with van der Waals surface area (Å²) in [6, 6.07) is 4.72. The Kier molecular flexibility index (Phi) is 4.02. The van der Waals surface area contributed by atoms with Crippen LogP contribution in [0.1, 0.15) is 47.4 Å². The molecule has 106 valence electrons. The predicted molar refractivity (Wildman–Crippen MR) is 70.4 cm³/mol. The third kappa shape index (κ3) is 3.14. The maximum atomic E-state index is 11.9. The van der Waals surface area contributed by atoms with E-state index >= 15 is 0 Å². The van der Waals surface area contributed by atoms with Crippen LogP contribution in [0.5, 0.6) is 5.75 Å². The molecule has 1 aromatic carbocycles. The Morgan fingerprint density at radius 3 is 2.85 bits per heavy atom. The van der Waals surface area contributed by atoms with Crippen LogP contribution >= 0.6 is 0 Å². The molecule has 0 spiro atoms. The molecule has 2 rings (SSSR count). The zero-order chi connectivity index (χ0) is 14.7. The highest BCUT2D eigenvalue weighted by atomic mass is 16.6. The zero-order valence-corrected chi connectivity index (χ0v) is 11.6. The second kappa shape index (κ2) is 5.73. The van der Waals surface area contributed by atoms with Gasteiger partial charge in [0.1, 0.15) is 11.3 Å². The Balaban J connectivity index is 2.02. The fourth-order valence-corrected chi connectivity index (χ4v) is 1.58. The lowest BCUT2D eigenvalue weighted by Crippen LogP contribution is -2.06. The largest absolute Gasteiger partial charge is 0.507 e. The lowest BCUT2D eigenvalue weighted by Gasteiger charge is -2.05. The molecule has 0 fully saturated rings. The third-order valence-electron chi connectivity index (χ3n) is 2.70. The van der Waals surface area contributed by atoms with E-state index in [4.69, 9.17) is 9.26 Å². The van der Waals surface area contributed by atoms with Crippen molar-refractivity contribution in [3.8, 4) is 5.75 Å². The van der Waals surface area contributed by atoms with Gasteiger partial charge in [0.25, 0.3) is 5.89 Å². The Bertz CT molecular complexity index is 619. The molecule has 6 heteroatoms. The molecule has 1 aromatic heterocycles. The first-order valence-corrected chi connectivity index (χ1v) is 6.26. The minimum absolute atomic E-state index is 0.117. The normalized spacial score (nSPS) is 10.8. The van der Waals surface area contributed by atoms with Crippen LogP contribution in [0.25, 0.3) is 0 Å². The monoisotopic (exact) mass is 276 g/mol. The van der Waals surface area contributed by atoms with E-state index in [9.17, 15) is 9.90 Å². The lowest BCUT2D eigenvalue weighted by atomic mass is 10.1. The molecule has 0 saturated carbocycles. The minimum Gasteiger partial charge on any atom is -0.507 e. The van der Waals surface area contributed by atoms with Crippen molar-refractivity contribution < 1.29 is 19.2 Å². The standard InChI is InChI=1S/C14H16N2O4/c1-8(2)13-15-12(20-16-13)7-19-14(18)10-6-9(3)4-5-11(10)17/h4-6,8,17H,7H2,1-3H3. The molecular weight excluding hydrogens is 260 g/mol. The summed E-state index contributed by atoms with van der Waals surface area (Å²) in [7, 11) is 0. The highest BCUT2D eigenvalue weighted by Gasteiger charge is 2.15. The first-order valence-electron chi connectivity index (χ1n) is 6.26. The Morgan fingerprint density at radius 1 is 1.45 bits per heavy atom. The summed E-state index contributed by atoms with van der Waals surface area (Å²) in [5, 5.41) is 13.4. The van der Waals surface area contributed by atoms with Crippen LogP contribution < -0.4 is 0 Å². The van der Waals surface area contributed by atoms with E-state index < -0.39 is 5.97 Å². The number of ether oxygens (including phenoxy) is 1. The number of hydrogen-bond donors (Lipinski definition) is 1. The summed E-state index contributed by atoms with van der Waals surface area (Å²) < 4.78 is 10.0. The van der Waals surface area contributed by atoms with Crippen LogP contribution in [0.4, 0.5) is 0 Å². The number of hydrogen-bond acceptors (Lipinski definition) is 6. The smallest absolute Gasteiger partial charge is 0.342 e. The Hall–Kier alpha value is -2.37. The van der Waals surface area contributed by atoms with Crippen LogP contribution in [0.15, 0.2) is 22.7 Å². The maximum Gasteiger partial charge on any atom is 0.342 e. The van der Waals surface area contributed by atoms with Gasteiger partial charge in [0, 0.05) is 5.92 Å². The predicted octanol–water partition coefficient (Wildman–Crippen LogP) is 2.56. The van der Waals surface area contributed by atoms with Crippen LogP contribution in [0.2, 0.25) is 0 Å². The van der Waals surface area contributed by atoms with Gasteiger partial charge in [0.05, 0.1) is 0 Å². The molecule has 0 aliphatic carbocycles. The van der Waals surface area contributed by atoms with Crippen molar-refractivity contribution >= 4 is 5.97 Å². The van der Waals surface area contributed by atoms with E-state index in [1.54, 1.807) is 12.1 Å². The van der Waals surface area contributed by atoms with E-state index in [1.807, 2.05) is 20.8 Å². The summed E-state index contributed by atoms with van der Waals surface area (Å²) >= 11 is 0. The van der Waals surface area contributed by atoms with Gasteiger partial charge in [-0.05, 0) is 19.1 Å². The molecule has 20 heavy (non-hydrogen) atoms. The molecule has 0 saturated heterocycles. The van der Waals surface area contributed by atoms with Crippen LogP contribution in [0.3, 0.4) is 0 Å². The number of aryl methyl sites for hydroxylation is 1. The molecule has 0 aliphatic rings. The fourth-order valence-electron chi connectivity index (χ4n) is 1.58. The quantitative estimate of drug-likeness (QED) is 0.864. The van der Waals surface area contributed by atoms with Gasteiger partial charge in [-0.15, -0.1) is 0 Å². The first kappa shape index (κ1) is 14.0. The minimum atomic E-state index is -0.629. The number of rotatable bonds is 4. The SMILES string of the molecule is Cc1ccc(O)c(C(=O)OCc2nc(C(C)C)no2)c1. The topological polar surface area (TPSA) is 85.5 Å². The van der Waals surface area contributed by atoms with Crippen molar-refractivity contribution in [3.63, 3.8) is 0 Å². The van der Waals surface area contributed by atoms with Crippen molar-refractivity contribution in [3.05, 3.63) is 41.0 Å². The van der Waals surface area contributed by atoms with Gasteiger partial charge in [0.15, 0.2) is 12.4 Å². The van der Waals surface area contributed by atoms with Gasteiger partial charge < -0.3 is 14.4 Å². The molecule has 1 heterocycles. The van der Waals surface area contributed by atoms with E-state index in [-0.39, 0.29) is 29.7 Å². The van der Waals surface area contributed by atoms with Crippen molar-refractivity contribution in [1.82, 2.24) is 10.1 Å². The second-order valence-corrected chi connectivity index (χ2v) is 4.80. The molecule has 6 nitrogen and oxygen atoms in total. The van der Waals surface area contributed by atoms with Crippen molar-refractivity contribution in [1.29, 1.82) is 0 Å². The molecule has 0 unspecified atom stereocenters. The number of phenolic OH excluding ortho intramolecular Hbond substituents is 1. The lowest BCUT2D eigenvalue weighted by molar-refractivity contribution is 0.0426. The van der Waals surface area contributed by atoms with Crippen LogP contribution in [-0.4, -0.2) is 21.2 Å². The van der Waals surface area contributed by atoms with Crippen molar-refractivity contribution in [2.45, 2.75) is 33.3 Å². The molecule has 0 amide bonds. The van der Waals surface area contributed by atoms with E-state index in [0.717, 1.165) is 5.56 Å². The number of carbonyl (C=O) groups excluding carboxylic acids is 1. The van der Waals surface area contributed by atoms with Crippen molar-refractivity contribution in [2.75, 3.05) is 0 Å². The highest BCUT2D eigenvalue weighted by Crippen LogP contribution is 2.19. The van der Waals surface area contributed by atoms with E-state index in [2.05, 4.69) is 10.1 Å². The van der Waals surface area contributed by atoms with Gasteiger partial charge in [-0.25, -0.2) is 4.79 Å². The van der Waals surface area contributed by atoms with Crippen LogP contribution in [0, 0.1) is 6.92 Å². The first-order chi connectivity index (χ1) is 9.47. The maximum absolute atomic E-state index is 11.9. The summed E-state index contributed by atoms with van der Waals surface area (Å²) in [5.74, 6) is 0.192. The second-order valence-electron chi connectivity index (χ2n) is 4.80. The van der Waals surface area contributed by atoms with E-state index in [0.29, 0.717) is 5.82 Å². The number of phenols is 1. The Labute approximate surface area is 116 Å². The fraction of sp³-hybridized carbons (Fsp3) is 0.357. The molecular formula is C14H16N2O4. The zero-order valence-electron chi connectivity index (χ0n) is 11.6. The highest BCUT2D eigenvalue weighted by molar-refractivity contribution is 5.92. The van der Waals surface area contributed by atoms with Crippen molar-refractivity contribution in [2.24, 2.45) is 0 Å². The van der Waals surface area contributed by atoms with Gasteiger partial charge in [0.2, 0.25) is 0 Å². The number of esters is 1. The molecule has 2 aromatic rings. The number of aromatic hydroxyl groups is 1. The Morgan fingerprint density at radius 2 is 2.20 bits per heavy atom. The average Bonchev–Trinajstić information content (AvgIpc) is 2.88. The summed E-state index contributed by atoms with van der Waals surface area (Å²) in [5.41, 5.74) is 0.975. The third-order valence-corrected chi connectivity index (χ3v) is 2.70. The van der Waals surface area contributed by atoms with Gasteiger partial charge in [-0.2, -0.15) is 4.98 Å². The molecule has 0 atom stereocenters. The van der Waals surface area contributed by atoms with E-state index in [1.165, 1.54) is 6.07 Å². The van der Waals surface area contributed by atoms with Gasteiger partial charge >= 0.3 is 5.97 Å². The summed E-state index contributed by atoms with van der Waals surface area (Å²) in [4.78, 5) is 16.0. The van der Waals surface area contributed by atoms with Gasteiger partial charge in [-0.3, -0.25) is 0 Å². The average molecular weight is 276 g/mol. The number of carbonyl (C=O) groups is 1. The molecule has 1 N–H and O–H groups in total. The molecule has 0 bridgehead atoms. The number of aromatic nitrogens is 2. The molecule has 0 aliphatic heterocycles. The molecule has 0 radical (unpaired) electrons. The number of benzene rings is 1.